The van der Waals surface area contributed by atoms with Gasteiger partial charge in [0.2, 0.25) is 0 Å². The van der Waals surface area contributed by atoms with Gasteiger partial charge in [-0.05, 0) is 26.8 Å². The molecule has 0 bridgehead atoms. The lowest BCUT2D eigenvalue weighted by Gasteiger charge is -2.31. The van der Waals surface area contributed by atoms with Gasteiger partial charge in [0.05, 0.1) is 0 Å². The predicted molar refractivity (Wildman–Crippen MR) is 49.8 cm³/mol. The van der Waals surface area contributed by atoms with Crippen LogP contribution in [-0.4, -0.2) is 24.0 Å². The zero-order chi connectivity index (χ0) is 10.1. The molecule has 0 aromatic rings. The Morgan fingerprint density at radius 2 is 2.15 bits per heavy atom. The van der Waals surface area contributed by atoms with Crippen molar-refractivity contribution in [2.75, 3.05) is 13.6 Å². The van der Waals surface area contributed by atoms with Gasteiger partial charge in [0.1, 0.15) is 0 Å². The highest BCUT2D eigenvalue weighted by Crippen LogP contribution is 2.36. The summed E-state index contributed by atoms with van der Waals surface area (Å²) >= 11 is 0. The number of hydrogen-bond donors (Lipinski definition) is 0. The first-order chi connectivity index (χ1) is 5.99. The van der Waals surface area contributed by atoms with Crippen molar-refractivity contribution in [3.8, 4) is 0 Å². The van der Waals surface area contributed by atoms with Crippen LogP contribution < -0.4 is 0 Å². The van der Waals surface area contributed by atoms with Gasteiger partial charge in [0, 0.05) is 17.7 Å². The topological polar surface area (TPSA) is 3.24 Å². The fraction of sp³-hybridized carbons (Fsp3) is 0.800. The van der Waals surface area contributed by atoms with E-state index in [4.69, 9.17) is 0 Å². The Morgan fingerprint density at radius 3 is 2.54 bits per heavy atom. The molecule has 3 heteroatoms. The van der Waals surface area contributed by atoms with Gasteiger partial charge in [-0.1, -0.05) is 13.3 Å². The third-order valence-corrected chi connectivity index (χ3v) is 3.00. The standard InChI is InChI=1S/C10H17F2N/c1-4-5-10(2)6-8(9(11)12)7-13(10)3/h4-7H2,1-3H3. The van der Waals surface area contributed by atoms with Gasteiger partial charge >= 0.3 is 0 Å². The summed E-state index contributed by atoms with van der Waals surface area (Å²) in [7, 11) is 1.92. The summed E-state index contributed by atoms with van der Waals surface area (Å²) in [5.41, 5.74) is 0.270. The van der Waals surface area contributed by atoms with E-state index in [1.165, 1.54) is 0 Å². The molecule has 1 aliphatic rings. The van der Waals surface area contributed by atoms with Crippen LogP contribution in [0.1, 0.15) is 33.1 Å². The van der Waals surface area contributed by atoms with Crippen molar-refractivity contribution in [2.45, 2.75) is 38.6 Å². The summed E-state index contributed by atoms with van der Waals surface area (Å²) in [6.07, 6.45) is 1.08. The third kappa shape index (κ3) is 2.08. The van der Waals surface area contributed by atoms with E-state index in [0.717, 1.165) is 12.8 Å². The SMILES string of the molecule is CCCC1(C)CC(=C(F)F)CN1C. The molecule has 1 atom stereocenters. The maximum Gasteiger partial charge on any atom is 0.270 e. The quantitative estimate of drug-likeness (QED) is 0.645. The number of rotatable bonds is 2. The summed E-state index contributed by atoms with van der Waals surface area (Å²) in [6.45, 7) is 4.58. The molecule has 1 aliphatic heterocycles. The molecule has 1 nitrogen and oxygen atoms in total. The van der Waals surface area contributed by atoms with E-state index < -0.39 is 6.08 Å². The molecule has 1 heterocycles. The summed E-state index contributed by atoms with van der Waals surface area (Å²) < 4.78 is 24.7. The molecule has 76 valence electrons. The van der Waals surface area contributed by atoms with Crippen LogP contribution in [0.4, 0.5) is 8.78 Å². The number of hydrogen-bond acceptors (Lipinski definition) is 1. The van der Waals surface area contributed by atoms with E-state index in [0.29, 0.717) is 18.5 Å². The molecule has 0 spiro atoms. The van der Waals surface area contributed by atoms with Gasteiger partial charge in [0.25, 0.3) is 6.08 Å². The largest absolute Gasteiger partial charge is 0.297 e. The van der Waals surface area contributed by atoms with Crippen molar-refractivity contribution < 1.29 is 8.78 Å². The second-order valence-electron chi connectivity index (χ2n) is 4.14. The van der Waals surface area contributed by atoms with Crippen LogP contribution in [0.3, 0.4) is 0 Å². The lowest BCUT2D eigenvalue weighted by molar-refractivity contribution is 0.181. The Balaban J connectivity index is 2.76. The summed E-state index contributed by atoms with van der Waals surface area (Å²) in [5.74, 6) is 0. The molecule has 1 saturated heterocycles. The van der Waals surface area contributed by atoms with E-state index in [1.54, 1.807) is 0 Å². The van der Waals surface area contributed by atoms with Crippen LogP contribution in [0.5, 0.6) is 0 Å². The smallest absolute Gasteiger partial charge is 0.270 e. The minimum atomic E-state index is -1.48. The fourth-order valence-electron chi connectivity index (χ4n) is 2.07. The van der Waals surface area contributed by atoms with Gasteiger partial charge in [0.15, 0.2) is 0 Å². The number of likely N-dealkylation sites (N-methyl/N-ethyl adjacent to an activating group) is 1. The highest BCUT2D eigenvalue weighted by atomic mass is 19.3. The Kier molecular flexibility index (Phi) is 3.06. The molecule has 1 fully saturated rings. The van der Waals surface area contributed by atoms with Crippen molar-refractivity contribution in [3.63, 3.8) is 0 Å². The first-order valence-electron chi connectivity index (χ1n) is 4.74. The van der Waals surface area contributed by atoms with E-state index in [2.05, 4.69) is 13.8 Å². The monoisotopic (exact) mass is 189 g/mol. The molecule has 0 aromatic carbocycles. The lowest BCUT2D eigenvalue weighted by Crippen LogP contribution is -2.37. The van der Waals surface area contributed by atoms with Gasteiger partial charge < -0.3 is 0 Å². The maximum absolute atomic E-state index is 12.3. The van der Waals surface area contributed by atoms with Gasteiger partial charge in [-0.25, -0.2) is 0 Å². The zero-order valence-corrected chi connectivity index (χ0v) is 8.53. The Bertz CT molecular complexity index is 221. The van der Waals surface area contributed by atoms with Crippen LogP contribution in [0.25, 0.3) is 0 Å². The van der Waals surface area contributed by atoms with Gasteiger partial charge in [-0.3, -0.25) is 4.90 Å². The van der Waals surface area contributed by atoms with Crippen LogP contribution >= 0.6 is 0 Å². The minimum Gasteiger partial charge on any atom is -0.297 e. The van der Waals surface area contributed by atoms with E-state index in [-0.39, 0.29) is 5.54 Å². The molecule has 0 aromatic heterocycles. The molecule has 0 radical (unpaired) electrons. The van der Waals surface area contributed by atoms with E-state index in [9.17, 15) is 8.78 Å². The molecule has 1 rings (SSSR count). The van der Waals surface area contributed by atoms with E-state index >= 15 is 0 Å². The van der Waals surface area contributed by atoms with Crippen molar-refractivity contribution in [1.82, 2.24) is 4.90 Å². The predicted octanol–water partition coefficient (Wildman–Crippen LogP) is 3.03. The molecular formula is C10H17F2N. The molecule has 1 unspecified atom stereocenters. The molecular weight excluding hydrogens is 172 g/mol. The Labute approximate surface area is 78.4 Å². The van der Waals surface area contributed by atoms with Crippen LogP contribution in [0.2, 0.25) is 0 Å². The summed E-state index contributed by atoms with van der Waals surface area (Å²) in [4.78, 5) is 2.03. The van der Waals surface area contributed by atoms with Crippen molar-refractivity contribution in [2.24, 2.45) is 0 Å². The summed E-state index contributed by atoms with van der Waals surface area (Å²) in [5, 5.41) is 0. The average molecular weight is 189 g/mol. The third-order valence-electron chi connectivity index (χ3n) is 3.00. The van der Waals surface area contributed by atoms with Crippen LogP contribution in [0.15, 0.2) is 11.7 Å². The number of halogens is 2. The first kappa shape index (κ1) is 10.6. The highest BCUT2D eigenvalue weighted by molar-refractivity contribution is 5.17. The van der Waals surface area contributed by atoms with Crippen molar-refractivity contribution >= 4 is 0 Å². The molecule has 0 saturated carbocycles. The minimum absolute atomic E-state index is 0.0481. The van der Waals surface area contributed by atoms with Gasteiger partial charge in [-0.2, -0.15) is 8.78 Å². The molecule has 0 aliphatic carbocycles. The van der Waals surface area contributed by atoms with Crippen LogP contribution in [0, 0.1) is 0 Å². The van der Waals surface area contributed by atoms with E-state index in [1.807, 2.05) is 11.9 Å². The Hall–Kier alpha value is -0.440. The fourth-order valence-corrected chi connectivity index (χ4v) is 2.07. The summed E-state index contributed by atoms with van der Waals surface area (Å²) in [6, 6.07) is 0. The average Bonchev–Trinajstić information content (AvgIpc) is 2.29. The first-order valence-corrected chi connectivity index (χ1v) is 4.74. The Morgan fingerprint density at radius 1 is 1.54 bits per heavy atom. The van der Waals surface area contributed by atoms with Crippen LogP contribution in [-0.2, 0) is 0 Å². The molecule has 0 N–H and O–H groups in total. The zero-order valence-electron chi connectivity index (χ0n) is 8.53. The highest BCUT2D eigenvalue weighted by Gasteiger charge is 2.37. The number of likely N-dealkylation sites (tertiary alicyclic amines) is 1. The maximum atomic E-state index is 12.3. The van der Waals surface area contributed by atoms with Crippen molar-refractivity contribution in [1.29, 1.82) is 0 Å². The van der Waals surface area contributed by atoms with Gasteiger partial charge in [-0.15, -0.1) is 0 Å². The van der Waals surface area contributed by atoms with Crippen molar-refractivity contribution in [3.05, 3.63) is 11.7 Å². The lowest BCUT2D eigenvalue weighted by atomic mass is 9.92. The normalized spacial score (nSPS) is 29.8. The second kappa shape index (κ2) is 3.74. The second-order valence-corrected chi connectivity index (χ2v) is 4.14. The number of nitrogens with zero attached hydrogens (tertiary/aromatic N) is 1. The molecule has 0 amide bonds. The molecule has 13 heavy (non-hydrogen) atoms.